The molecule has 4 rings (SSSR count). The van der Waals surface area contributed by atoms with Crippen LogP contribution < -0.4 is 10.6 Å². The molecule has 2 aromatic rings. The molecule has 1 aromatic heterocycles. The monoisotopic (exact) mass is 353 g/mol. The van der Waals surface area contributed by atoms with Crippen molar-refractivity contribution < 1.29 is 14.4 Å². The van der Waals surface area contributed by atoms with Crippen LogP contribution in [0.3, 0.4) is 0 Å². The van der Waals surface area contributed by atoms with E-state index in [1.807, 2.05) is 24.3 Å². The second kappa shape index (κ2) is 5.98. The van der Waals surface area contributed by atoms with Crippen LogP contribution in [0.1, 0.15) is 24.0 Å². The second-order valence-corrected chi connectivity index (χ2v) is 6.66. The number of urea groups is 1. The van der Waals surface area contributed by atoms with Crippen molar-refractivity contribution in [2.45, 2.75) is 24.8 Å². The number of hydrogen-bond acceptors (Lipinski definition) is 4. The van der Waals surface area contributed by atoms with Gasteiger partial charge in [0.2, 0.25) is 5.91 Å². The number of benzene rings is 1. The zero-order valence-electron chi connectivity index (χ0n) is 14.4. The van der Waals surface area contributed by atoms with Crippen LogP contribution in [0.15, 0.2) is 36.5 Å². The summed E-state index contributed by atoms with van der Waals surface area (Å²) in [6.07, 6.45) is 3.91. The van der Waals surface area contributed by atoms with Gasteiger partial charge in [0.1, 0.15) is 12.1 Å². The van der Waals surface area contributed by atoms with Crippen molar-refractivity contribution in [3.8, 4) is 0 Å². The Morgan fingerprint density at radius 1 is 1.31 bits per heavy atom. The predicted molar refractivity (Wildman–Crippen MR) is 93.1 cm³/mol. The summed E-state index contributed by atoms with van der Waals surface area (Å²) >= 11 is 0. The van der Waals surface area contributed by atoms with Gasteiger partial charge in [-0.15, -0.1) is 0 Å². The van der Waals surface area contributed by atoms with Gasteiger partial charge >= 0.3 is 6.03 Å². The maximum absolute atomic E-state index is 13.1. The number of fused-ring (bicyclic) bond motifs is 2. The van der Waals surface area contributed by atoms with Gasteiger partial charge in [-0.3, -0.25) is 19.2 Å². The molecule has 1 aliphatic carbocycles. The average molecular weight is 353 g/mol. The van der Waals surface area contributed by atoms with Crippen molar-refractivity contribution in [3.05, 3.63) is 47.7 Å². The summed E-state index contributed by atoms with van der Waals surface area (Å²) in [5, 5.41) is 9.49. The Balaban J connectivity index is 1.56. The molecule has 1 saturated heterocycles. The normalized spacial score (nSPS) is 21.7. The van der Waals surface area contributed by atoms with E-state index in [1.165, 1.54) is 0 Å². The van der Waals surface area contributed by atoms with Gasteiger partial charge in [-0.2, -0.15) is 5.10 Å². The van der Waals surface area contributed by atoms with Gasteiger partial charge < -0.3 is 10.6 Å². The molecule has 26 heavy (non-hydrogen) atoms. The highest BCUT2D eigenvalue weighted by Gasteiger charge is 2.54. The molecule has 1 spiro atoms. The molecule has 1 aromatic carbocycles. The summed E-state index contributed by atoms with van der Waals surface area (Å²) in [5.74, 6) is -0.457. The fourth-order valence-electron chi connectivity index (χ4n) is 3.76. The maximum Gasteiger partial charge on any atom is 0.325 e. The number of hydrogen-bond donors (Lipinski definition) is 2. The van der Waals surface area contributed by atoms with E-state index in [4.69, 9.17) is 0 Å². The Hall–Kier alpha value is -3.16. The van der Waals surface area contributed by atoms with E-state index < -0.39 is 17.5 Å². The highest BCUT2D eigenvalue weighted by Crippen LogP contribution is 2.39. The first-order valence-corrected chi connectivity index (χ1v) is 8.51. The van der Waals surface area contributed by atoms with Crippen LogP contribution in [0, 0.1) is 0 Å². The highest BCUT2D eigenvalue weighted by atomic mass is 16.2. The molecule has 2 N–H and O–H groups in total. The summed E-state index contributed by atoms with van der Waals surface area (Å²) in [6, 6.07) is 8.75. The van der Waals surface area contributed by atoms with Crippen LogP contribution >= 0.6 is 0 Å². The number of carbonyl (C=O) groups excluding carboxylic acids is 3. The van der Waals surface area contributed by atoms with E-state index in [9.17, 15) is 14.4 Å². The predicted octanol–water partition coefficient (Wildman–Crippen LogP) is 1.14. The van der Waals surface area contributed by atoms with E-state index in [0.717, 1.165) is 28.9 Å². The molecule has 0 saturated carbocycles. The van der Waals surface area contributed by atoms with E-state index >= 15 is 0 Å². The van der Waals surface area contributed by atoms with E-state index in [2.05, 4.69) is 15.7 Å². The zero-order valence-corrected chi connectivity index (χ0v) is 14.4. The van der Waals surface area contributed by atoms with Crippen molar-refractivity contribution in [2.75, 3.05) is 11.9 Å². The number of amides is 4. The second-order valence-electron chi connectivity index (χ2n) is 6.66. The van der Waals surface area contributed by atoms with Crippen LogP contribution in [-0.2, 0) is 28.6 Å². The number of rotatable bonds is 3. The zero-order chi connectivity index (χ0) is 18.3. The molecule has 0 unspecified atom stereocenters. The molecule has 2 aliphatic rings. The summed E-state index contributed by atoms with van der Waals surface area (Å²) in [5.41, 5.74) is 0.835. The Labute approximate surface area is 150 Å². The number of imide groups is 1. The van der Waals surface area contributed by atoms with Crippen molar-refractivity contribution in [2.24, 2.45) is 7.05 Å². The van der Waals surface area contributed by atoms with Crippen molar-refractivity contribution in [3.63, 3.8) is 0 Å². The molecular formula is C18H19N5O3. The largest absolute Gasteiger partial charge is 0.325 e. The third-order valence-corrected chi connectivity index (χ3v) is 4.93. The first-order chi connectivity index (χ1) is 12.5. The SMILES string of the molecule is Cn1ccc(NC(=O)CN2C(=O)N[C@]3(CCCc4ccccc43)C2=O)n1. The van der Waals surface area contributed by atoms with Gasteiger partial charge in [-0.1, -0.05) is 24.3 Å². The standard InChI is InChI=1S/C18H19N5O3/c1-22-10-8-14(21-22)19-15(24)11-23-16(25)18(20-17(23)26)9-4-6-12-5-2-3-7-13(12)18/h2-3,5,7-8,10H,4,6,9,11H2,1H3,(H,20,26)(H,19,21,24)/t18-/m0/s1. The quantitative estimate of drug-likeness (QED) is 0.809. The maximum atomic E-state index is 13.1. The van der Waals surface area contributed by atoms with Crippen molar-refractivity contribution in [1.29, 1.82) is 0 Å². The summed E-state index contributed by atoms with van der Waals surface area (Å²) in [6.45, 7) is -0.342. The highest BCUT2D eigenvalue weighted by molar-refractivity contribution is 6.10. The van der Waals surface area contributed by atoms with Crippen molar-refractivity contribution >= 4 is 23.7 Å². The number of aromatic nitrogens is 2. The average Bonchev–Trinajstić information content (AvgIpc) is 3.12. The van der Waals surface area contributed by atoms with Crippen LogP contribution in [0.2, 0.25) is 0 Å². The fraction of sp³-hybridized carbons (Fsp3) is 0.333. The molecular weight excluding hydrogens is 334 g/mol. The Morgan fingerprint density at radius 3 is 2.88 bits per heavy atom. The lowest BCUT2D eigenvalue weighted by Gasteiger charge is -2.33. The van der Waals surface area contributed by atoms with Gasteiger partial charge in [-0.05, 0) is 30.4 Å². The number of anilines is 1. The lowest BCUT2D eigenvalue weighted by Crippen LogP contribution is -2.47. The van der Waals surface area contributed by atoms with Gasteiger partial charge in [0.15, 0.2) is 5.82 Å². The first-order valence-electron chi connectivity index (χ1n) is 8.51. The van der Waals surface area contributed by atoms with Crippen LogP contribution in [0.25, 0.3) is 0 Å². The number of nitrogens with zero attached hydrogens (tertiary/aromatic N) is 3. The van der Waals surface area contributed by atoms with Crippen LogP contribution in [0.5, 0.6) is 0 Å². The molecule has 1 fully saturated rings. The molecule has 4 amide bonds. The summed E-state index contributed by atoms with van der Waals surface area (Å²) in [4.78, 5) is 38.8. The van der Waals surface area contributed by atoms with Crippen LogP contribution in [0.4, 0.5) is 10.6 Å². The molecule has 134 valence electrons. The van der Waals surface area contributed by atoms with Gasteiger partial charge in [0, 0.05) is 19.3 Å². The topological polar surface area (TPSA) is 96.3 Å². The Bertz CT molecular complexity index is 906. The van der Waals surface area contributed by atoms with Crippen molar-refractivity contribution in [1.82, 2.24) is 20.0 Å². The van der Waals surface area contributed by atoms with E-state index in [1.54, 1.807) is 24.0 Å². The van der Waals surface area contributed by atoms with E-state index in [0.29, 0.717) is 12.2 Å². The summed E-state index contributed by atoms with van der Waals surface area (Å²) < 4.78 is 1.55. The molecule has 8 heteroatoms. The number of aryl methyl sites for hydroxylation is 2. The third kappa shape index (κ3) is 2.54. The molecule has 8 nitrogen and oxygen atoms in total. The minimum absolute atomic E-state index is 0.342. The molecule has 0 radical (unpaired) electrons. The van der Waals surface area contributed by atoms with Crippen LogP contribution in [-0.4, -0.2) is 39.1 Å². The lowest BCUT2D eigenvalue weighted by molar-refractivity contribution is -0.134. The first kappa shape index (κ1) is 16.3. The third-order valence-electron chi connectivity index (χ3n) is 4.93. The fourth-order valence-corrected chi connectivity index (χ4v) is 3.76. The Kier molecular flexibility index (Phi) is 3.75. The van der Waals surface area contributed by atoms with Gasteiger partial charge in [0.25, 0.3) is 5.91 Å². The number of carbonyl (C=O) groups is 3. The lowest BCUT2D eigenvalue weighted by atomic mass is 9.76. The van der Waals surface area contributed by atoms with Gasteiger partial charge in [0.05, 0.1) is 0 Å². The molecule has 1 atom stereocenters. The number of nitrogens with one attached hydrogen (secondary N) is 2. The Morgan fingerprint density at radius 2 is 2.12 bits per heavy atom. The minimum Gasteiger partial charge on any atom is -0.319 e. The molecule has 1 aliphatic heterocycles. The molecule has 0 bridgehead atoms. The minimum atomic E-state index is -1.06. The molecule has 2 heterocycles. The smallest absolute Gasteiger partial charge is 0.319 e. The van der Waals surface area contributed by atoms with Gasteiger partial charge in [-0.25, -0.2) is 4.79 Å². The van der Waals surface area contributed by atoms with E-state index in [-0.39, 0.29) is 12.5 Å². The summed E-state index contributed by atoms with van der Waals surface area (Å²) in [7, 11) is 1.73.